The molecule has 0 saturated carbocycles. The van der Waals surface area contributed by atoms with E-state index in [1.165, 1.54) is 0 Å². The van der Waals surface area contributed by atoms with Crippen molar-refractivity contribution in [1.82, 2.24) is 4.90 Å². The first kappa shape index (κ1) is 9.43. The maximum atomic E-state index is 12.4. The van der Waals surface area contributed by atoms with E-state index in [4.69, 9.17) is 0 Å². The van der Waals surface area contributed by atoms with Gasteiger partial charge in [0.05, 0.1) is 13.1 Å². The van der Waals surface area contributed by atoms with Crippen LogP contribution in [-0.2, 0) is 0 Å². The highest BCUT2D eigenvalue weighted by Gasteiger charge is 2.43. The second-order valence-electron chi connectivity index (χ2n) is 3.13. The van der Waals surface area contributed by atoms with Crippen LogP contribution >= 0.6 is 0 Å². The maximum absolute atomic E-state index is 12.4. The first-order valence-electron chi connectivity index (χ1n) is 4.05. The second-order valence-corrected chi connectivity index (χ2v) is 3.13. The third-order valence-corrected chi connectivity index (χ3v) is 2.00. The molecule has 0 amide bonds. The first-order valence-corrected chi connectivity index (χ1v) is 4.05. The molecule has 1 rings (SSSR count). The van der Waals surface area contributed by atoms with E-state index in [1.54, 1.807) is 4.90 Å². The molecule has 0 N–H and O–H groups in total. The number of hydrogen-bond acceptors (Lipinski definition) is 1. The topological polar surface area (TPSA) is 3.24 Å². The summed E-state index contributed by atoms with van der Waals surface area (Å²) in [4.78, 5) is 1.71. The van der Waals surface area contributed by atoms with Crippen molar-refractivity contribution in [3.8, 4) is 0 Å². The summed E-state index contributed by atoms with van der Waals surface area (Å²) < 4.78 is 24.7. The van der Waals surface area contributed by atoms with Gasteiger partial charge in [0.25, 0.3) is 5.92 Å². The predicted molar refractivity (Wildman–Crippen MR) is 44.3 cm³/mol. The lowest BCUT2D eigenvalue weighted by Gasteiger charge is -2.38. The van der Waals surface area contributed by atoms with Gasteiger partial charge in [-0.25, -0.2) is 8.78 Å². The van der Waals surface area contributed by atoms with Gasteiger partial charge in [0, 0.05) is 6.54 Å². The molecule has 1 aliphatic rings. The minimum Gasteiger partial charge on any atom is -0.287 e. The smallest absolute Gasteiger partial charge is 0.272 e. The molecule has 0 aromatic heterocycles. The standard InChI is InChI=1S/C9H13F2N/c1-3-8(4-2)5-12-6-9(10,11)7-12/h1,4-7H2,2H3. The molecule has 0 spiro atoms. The number of nitrogens with zero attached hydrogens (tertiary/aromatic N) is 1. The summed E-state index contributed by atoms with van der Waals surface area (Å²) >= 11 is 0. The van der Waals surface area contributed by atoms with Gasteiger partial charge in [-0.1, -0.05) is 13.5 Å². The third kappa shape index (κ3) is 2.16. The van der Waals surface area contributed by atoms with Crippen molar-refractivity contribution in [2.24, 2.45) is 0 Å². The zero-order chi connectivity index (χ0) is 9.19. The summed E-state index contributed by atoms with van der Waals surface area (Å²) in [6.07, 6.45) is 0.839. The lowest BCUT2D eigenvalue weighted by Crippen LogP contribution is -2.56. The van der Waals surface area contributed by atoms with E-state index in [0.29, 0.717) is 6.54 Å². The third-order valence-electron chi connectivity index (χ3n) is 2.00. The number of halogens is 2. The van der Waals surface area contributed by atoms with Gasteiger partial charge in [-0.2, -0.15) is 0 Å². The Hall–Kier alpha value is -0.660. The molecule has 12 heavy (non-hydrogen) atoms. The summed E-state index contributed by atoms with van der Waals surface area (Å²) in [7, 11) is 0. The number of hydrogen-bond donors (Lipinski definition) is 0. The Bertz CT molecular complexity index is 209. The van der Waals surface area contributed by atoms with Crippen molar-refractivity contribution in [2.75, 3.05) is 19.6 Å². The van der Waals surface area contributed by atoms with Crippen molar-refractivity contribution in [1.29, 1.82) is 0 Å². The van der Waals surface area contributed by atoms with E-state index < -0.39 is 5.92 Å². The van der Waals surface area contributed by atoms with E-state index in [9.17, 15) is 8.78 Å². The van der Waals surface area contributed by atoms with Crippen LogP contribution in [0.4, 0.5) is 8.78 Å². The van der Waals surface area contributed by atoms with Crippen LogP contribution in [0.1, 0.15) is 13.3 Å². The molecule has 1 saturated heterocycles. The van der Waals surface area contributed by atoms with Crippen LogP contribution in [0.3, 0.4) is 0 Å². The highest BCUT2D eigenvalue weighted by atomic mass is 19.3. The molecular weight excluding hydrogens is 160 g/mol. The van der Waals surface area contributed by atoms with Crippen LogP contribution in [0.2, 0.25) is 0 Å². The summed E-state index contributed by atoms with van der Waals surface area (Å²) in [6, 6.07) is 0. The summed E-state index contributed by atoms with van der Waals surface area (Å²) in [5.41, 5.74) is 3.76. The molecule has 0 unspecified atom stereocenters. The van der Waals surface area contributed by atoms with E-state index in [1.807, 2.05) is 6.92 Å². The predicted octanol–water partition coefficient (Wildman–Crippen LogP) is 2.06. The van der Waals surface area contributed by atoms with Crippen LogP contribution in [0, 0.1) is 0 Å². The van der Waals surface area contributed by atoms with Crippen LogP contribution in [0.15, 0.2) is 17.9 Å². The van der Waals surface area contributed by atoms with Gasteiger partial charge in [-0.05, 0) is 12.0 Å². The molecule has 1 aliphatic heterocycles. The number of alkyl halides is 2. The van der Waals surface area contributed by atoms with Gasteiger partial charge in [-0.3, -0.25) is 4.90 Å². The molecule has 68 valence electrons. The van der Waals surface area contributed by atoms with Crippen molar-refractivity contribution >= 4 is 0 Å². The Morgan fingerprint density at radius 1 is 1.58 bits per heavy atom. The molecule has 1 heterocycles. The summed E-state index contributed by atoms with van der Waals surface area (Å²) in [5, 5.41) is 0. The van der Waals surface area contributed by atoms with Crippen LogP contribution < -0.4 is 0 Å². The van der Waals surface area contributed by atoms with E-state index >= 15 is 0 Å². The monoisotopic (exact) mass is 173 g/mol. The van der Waals surface area contributed by atoms with Gasteiger partial charge >= 0.3 is 0 Å². The fourth-order valence-corrected chi connectivity index (χ4v) is 1.28. The van der Waals surface area contributed by atoms with Crippen LogP contribution in [0.5, 0.6) is 0 Å². The van der Waals surface area contributed by atoms with Crippen molar-refractivity contribution in [2.45, 2.75) is 19.3 Å². The minimum absolute atomic E-state index is 0.113. The van der Waals surface area contributed by atoms with Gasteiger partial charge in [-0.15, -0.1) is 5.73 Å². The largest absolute Gasteiger partial charge is 0.287 e. The fraction of sp³-hybridized carbons (Fsp3) is 0.667. The Balaban J connectivity index is 2.32. The lowest BCUT2D eigenvalue weighted by atomic mass is 10.1. The summed E-state index contributed by atoms with van der Waals surface area (Å²) in [5.74, 6) is -2.46. The minimum atomic E-state index is -2.46. The summed E-state index contributed by atoms with van der Waals surface area (Å²) in [6.45, 7) is 5.85. The lowest BCUT2D eigenvalue weighted by molar-refractivity contribution is -0.126. The molecule has 0 atom stereocenters. The van der Waals surface area contributed by atoms with Crippen molar-refractivity contribution in [3.63, 3.8) is 0 Å². The molecule has 0 radical (unpaired) electrons. The fourth-order valence-electron chi connectivity index (χ4n) is 1.28. The van der Waals surface area contributed by atoms with E-state index in [-0.39, 0.29) is 13.1 Å². The molecule has 1 nitrogen and oxygen atoms in total. The number of rotatable bonds is 3. The number of likely N-dealkylation sites (tertiary alicyclic amines) is 1. The highest BCUT2D eigenvalue weighted by molar-refractivity contribution is 5.04. The molecular formula is C9H13F2N. The van der Waals surface area contributed by atoms with Crippen LogP contribution in [-0.4, -0.2) is 30.5 Å². The molecule has 1 fully saturated rings. The molecule has 0 aliphatic carbocycles. The zero-order valence-corrected chi connectivity index (χ0v) is 7.24. The van der Waals surface area contributed by atoms with Gasteiger partial charge in [0.1, 0.15) is 0 Å². The molecule has 3 heteroatoms. The Morgan fingerprint density at radius 2 is 2.17 bits per heavy atom. The molecule has 0 bridgehead atoms. The van der Waals surface area contributed by atoms with E-state index in [2.05, 4.69) is 12.3 Å². The quantitative estimate of drug-likeness (QED) is 0.590. The normalized spacial score (nSPS) is 21.2. The molecule has 0 aromatic carbocycles. The molecule has 0 aromatic rings. The average molecular weight is 173 g/mol. The SMILES string of the molecule is C=C=C(CC)CN1CC(F)(F)C1. The van der Waals surface area contributed by atoms with E-state index in [0.717, 1.165) is 12.0 Å². The zero-order valence-electron chi connectivity index (χ0n) is 7.24. The average Bonchev–Trinajstić information content (AvgIpc) is 1.96. The highest BCUT2D eigenvalue weighted by Crippen LogP contribution is 2.27. The van der Waals surface area contributed by atoms with Gasteiger partial charge in [0.2, 0.25) is 0 Å². The van der Waals surface area contributed by atoms with Crippen molar-refractivity contribution in [3.05, 3.63) is 17.9 Å². The second kappa shape index (κ2) is 3.38. The maximum Gasteiger partial charge on any atom is 0.272 e. The van der Waals surface area contributed by atoms with Crippen LogP contribution in [0.25, 0.3) is 0 Å². The Morgan fingerprint density at radius 3 is 2.50 bits per heavy atom. The Kier molecular flexibility index (Phi) is 2.65. The first-order chi connectivity index (χ1) is 5.57. The van der Waals surface area contributed by atoms with Gasteiger partial charge < -0.3 is 0 Å². The Labute approximate surface area is 71.4 Å². The van der Waals surface area contributed by atoms with Gasteiger partial charge in [0.15, 0.2) is 0 Å². The van der Waals surface area contributed by atoms with Crippen molar-refractivity contribution < 1.29 is 8.78 Å².